The molecular formula is C29H33F2N7O3. The highest BCUT2D eigenvalue weighted by Crippen LogP contribution is 2.29. The standard InChI is InChI=1S/C29H33F2N7O3/c1-39-18-22-19-41-14-11-37(22)21-6-4-5-20(15-21)17-32-25-16-26(35-29(34-25)36-9-12-40-13-10-36)38-24-8-3-2-7-23(24)33-28(38)27(30)31/h2-8,15-16,22,27H,9-14,17-19H2,1H3,(H,32,34,35)/t22-/m1/s1. The van der Waals surface area contributed by atoms with E-state index >= 15 is 0 Å². The molecule has 0 bridgehead atoms. The van der Waals surface area contributed by atoms with Crippen molar-refractivity contribution in [3.05, 3.63) is 66.0 Å². The lowest BCUT2D eigenvalue weighted by molar-refractivity contribution is 0.0602. The van der Waals surface area contributed by atoms with Gasteiger partial charge in [-0.3, -0.25) is 4.57 Å². The summed E-state index contributed by atoms with van der Waals surface area (Å²) in [4.78, 5) is 18.0. The lowest BCUT2D eigenvalue weighted by Crippen LogP contribution is -2.48. The molecule has 1 N–H and O–H groups in total. The molecule has 216 valence electrons. The summed E-state index contributed by atoms with van der Waals surface area (Å²) in [5, 5.41) is 3.41. The second-order valence-electron chi connectivity index (χ2n) is 10.0. The molecule has 0 amide bonds. The number of benzene rings is 2. The largest absolute Gasteiger partial charge is 0.382 e. The molecule has 0 radical (unpaired) electrons. The van der Waals surface area contributed by atoms with Gasteiger partial charge in [0.05, 0.1) is 50.1 Å². The van der Waals surface area contributed by atoms with E-state index in [-0.39, 0.29) is 11.9 Å². The number of nitrogens with zero attached hydrogens (tertiary/aromatic N) is 6. The summed E-state index contributed by atoms with van der Waals surface area (Å²) in [5.41, 5.74) is 3.19. The molecule has 0 unspecified atom stereocenters. The fraction of sp³-hybridized carbons (Fsp3) is 0.414. The molecule has 2 aromatic heterocycles. The third-order valence-electron chi connectivity index (χ3n) is 7.31. The van der Waals surface area contributed by atoms with Gasteiger partial charge in [0.2, 0.25) is 5.95 Å². The quantitative estimate of drug-likeness (QED) is 0.323. The Bertz CT molecular complexity index is 1480. The van der Waals surface area contributed by atoms with Crippen LogP contribution in [-0.2, 0) is 20.8 Å². The summed E-state index contributed by atoms with van der Waals surface area (Å²) >= 11 is 0. The van der Waals surface area contributed by atoms with Gasteiger partial charge in [0.1, 0.15) is 11.6 Å². The van der Waals surface area contributed by atoms with Crippen molar-refractivity contribution in [2.24, 2.45) is 0 Å². The number of fused-ring (bicyclic) bond motifs is 1. The highest BCUT2D eigenvalue weighted by molar-refractivity contribution is 5.78. The predicted molar refractivity (Wildman–Crippen MR) is 152 cm³/mol. The number of para-hydroxylation sites is 2. The molecule has 1 atom stereocenters. The predicted octanol–water partition coefficient (Wildman–Crippen LogP) is 4.05. The average molecular weight is 566 g/mol. The first kappa shape index (κ1) is 27.3. The number of methoxy groups -OCH3 is 1. The van der Waals surface area contributed by atoms with E-state index in [0.717, 1.165) is 17.8 Å². The molecule has 0 aliphatic carbocycles. The van der Waals surface area contributed by atoms with Crippen molar-refractivity contribution in [1.82, 2.24) is 19.5 Å². The van der Waals surface area contributed by atoms with Crippen molar-refractivity contribution >= 4 is 28.5 Å². The fourth-order valence-corrected chi connectivity index (χ4v) is 5.33. The normalized spacial score (nSPS) is 17.9. The summed E-state index contributed by atoms with van der Waals surface area (Å²) in [6, 6.07) is 17.2. The molecule has 2 saturated heterocycles. The Hall–Kier alpha value is -3.87. The molecule has 0 spiro atoms. The van der Waals surface area contributed by atoms with E-state index in [1.54, 1.807) is 37.4 Å². The number of morpholine rings is 2. The molecule has 2 aromatic carbocycles. The first-order valence-corrected chi connectivity index (χ1v) is 13.7. The van der Waals surface area contributed by atoms with Gasteiger partial charge < -0.3 is 29.3 Å². The number of hydrogen-bond donors (Lipinski definition) is 1. The second-order valence-corrected chi connectivity index (χ2v) is 10.0. The number of aromatic nitrogens is 4. The Balaban J connectivity index is 1.32. The zero-order valence-electron chi connectivity index (χ0n) is 22.9. The number of anilines is 3. The highest BCUT2D eigenvalue weighted by atomic mass is 19.3. The van der Waals surface area contributed by atoms with Gasteiger partial charge in [0, 0.05) is 45.0 Å². The van der Waals surface area contributed by atoms with E-state index in [0.29, 0.717) is 81.3 Å². The van der Waals surface area contributed by atoms with E-state index in [2.05, 4.69) is 27.3 Å². The number of alkyl halides is 2. The fourth-order valence-electron chi connectivity index (χ4n) is 5.33. The van der Waals surface area contributed by atoms with Crippen LogP contribution in [0.2, 0.25) is 0 Å². The molecule has 0 saturated carbocycles. The first-order chi connectivity index (χ1) is 20.1. The molecule has 2 aliphatic rings. The van der Waals surface area contributed by atoms with E-state index in [1.807, 2.05) is 17.0 Å². The van der Waals surface area contributed by atoms with Crippen LogP contribution in [0.1, 0.15) is 17.8 Å². The second kappa shape index (κ2) is 12.3. The highest BCUT2D eigenvalue weighted by Gasteiger charge is 2.25. The van der Waals surface area contributed by atoms with Gasteiger partial charge in [-0.25, -0.2) is 13.8 Å². The smallest absolute Gasteiger partial charge is 0.296 e. The summed E-state index contributed by atoms with van der Waals surface area (Å²) < 4.78 is 46.3. The minimum Gasteiger partial charge on any atom is -0.382 e. The van der Waals surface area contributed by atoms with E-state index < -0.39 is 6.43 Å². The Kier molecular flexibility index (Phi) is 8.21. The van der Waals surface area contributed by atoms with Gasteiger partial charge in [-0.2, -0.15) is 9.97 Å². The van der Waals surface area contributed by atoms with Crippen molar-refractivity contribution in [2.75, 3.05) is 74.9 Å². The van der Waals surface area contributed by atoms with Gasteiger partial charge in [-0.15, -0.1) is 0 Å². The van der Waals surface area contributed by atoms with Crippen LogP contribution in [0.5, 0.6) is 0 Å². The lowest BCUT2D eigenvalue weighted by Gasteiger charge is -2.37. The Morgan fingerprint density at radius 3 is 2.63 bits per heavy atom. The van der Waals surface area contributed by atoms with Crippen molar-refractivity contribution in [3.8, 4) is 5.82 Å². The Morgan fingerprint density at radius 1 is 0.976 bits per heavy atom. The van der Waals surface area contributed by atoms with Crippen LogP contribution < -0.4 is 15.1 Å². The third kappa shape index (κ3) is 5.95. The Labute approximate surface area is 236 Å². The summed E-state index contributed by atoms with van der Waals surface area (Å²) in [6.45, 7) is 5.45. The maximum atomic E-state index is 14.2. The van der Waals surface area contributed by atoms with Crippen LogP contribution in [0.3, 0.4) is 0 Å². The molecule has 41 heavy (non-hydrogen) atoms. The number of nitrogens with one attached hydrogen (secondary N) is 1. The van der Waals surface area contributed by atoms with Crippen molar-refractivity contribution in [2.45, 2.75) is 19.0 Å². The average Bonchev–Trinajstić information content (AvgIpc) is 3.41. The summed E-state index contributed by atoms with van der Waals surface area (Å²) in [7, 11) is 1.70. The van der Waals surface area contributed by atoms with Crippen LogP contribution in [0.15, 0.2) is 54.6 Å². The molecule has 2 fully saturated rings. The number of hydrogen-bond acceptors (Lipinski definition) is 9. The first-order valence-electron chi connectivity index (χ1n) is 13.7. The Morgan fingerprint density at radius 2 is 1.80 bits per heavy atom. The topological polar surface area (TPSA) is 89.8 Å². The van der Waals surface area contributed by atoms with Gasteiger partial charge in [0.15, 0.2) is 5.82 Å². The van der Waals surface area contributed by atoms with Crippen LogP contribution >= 0.6 is 0 Å². The van der Waals surface area contributed by atoms with Gasteiger partial charge in [0.25, 0.3) is 6.43 Å². The maximum Gasteiger partial charge on any atom is 0.296 e. The van der Waals surface area contributed by atoms with E-state index in [1.165, 1.54) is 4.57 Å². The minimum absolute atomic E-state index is 0.145. The number of halogens is 2. The van der Waals surface area contributed by atoms with Gasteiger partial charge in [-0.1, -0.05) is 24.3 Å². The van der Waals surface area contributed by atoms with Gasteiger partial charge in [-0.05, 0) is 29.8 Å². The molecule has 4 aromatic rings. The van der Waals surface area contributed by atoms with Crippen LogP contribution in [0.25, 0.3) is 16.9 Å². The SMILES string of the molecule is COC[C@@H]1COCCN1c1cccc(CNc2cc(-n3c(C(F)F)nc4ccccc43)nc(N3CCOCC3)n2)c1. The lowest BCUT2D eigenvalue weighted by atomic mass is 10.1. The zero-order valence-corrected chi connectivity index (χ0v) is 22.9. The molecule has 12 heteroatoms. The zero-order chi connectivity index (χ0) is 28.2. The molecule has 6 rings (SSSR count). The number of ether oxygens (including phenoxy) is 3. The maximum absolute atomic E-state index is 14.2. The van der Waals surface area contributed by atoms with Crippen molar-refractivity contribution in [3.63, 3.8) is 0 Å². The summed E-state index contributed by atoms with van der Waals surface area (Å²) in [5.74, 6) is 0.962. The molecule has 2 aliphatic heterocycles. The minimum atomic E-state index is -2.77. The van der Waals surface area contributed by atoms with E-state index in [9.17, 15) is 8.78 Å². The van der Waals surface area contributed by atoms with Crippen LogP contribution in [0.4, 0.5) is 26.2 Å². The molecular weight excluding hydrogens is 532 g/mol. The summed E-state index contributed by atoms with van der Waals surface area (Å²) in [6.07, 6.45) is -2.77. The number of imidazole rings is 1. The molecule has 10 nitrogen and oxygen atoms in total. The van der Waals surface area contributed by atoms with Gasteiger partial charge >= 0.3 is 0 Å². The van der Waals surface area contributed by atoms with Crippen LogP contribution in [-0.4, -0.2) is 85.3 Å². The van der Waals surface area contributed by atoms with Crippen molar-refractivity contribution in [1.29, 1.82) is 0 Å². The monoisotopic (exact) mass is 565 g/mol. The van der Waals surface area contributed by atoms with E-state index in [4.69, 9.17) is 24.2 Å². The molecule has 4 heterocycles. The van der Waals surface area contributed by atoms with Crippen molar-refractivity contribution < 1.29 is 23.0 Å². The third-order valence-corrected chi connectivity index (χ3v) is 7.31. The van der Waals surface area contributed by atoms with Crippen LogP contribution in [0, 0.1) is 0 Å². The number of rotatable bonds is 9.